The molecule has 1 fully saturated rings. The molecule has 1 aromatic heterocycles. The Hall–Kier alpha value is -2.63. The molecule has 1 aliphatic heterocycles. The van der Waals surface area contributed by atoms with E-state index in [2.05, 4.69) is 4.72 Å². The largest absolute Gasteiger partial charge is 0.466 e. The van der Waals surface area contributed by atoms with Gasteiger partial charge in [0.25, 0.3) is 15.9 Å². The lowest BCUT2D eigenvalue weighted by molar-refractivity contribution is -0.151. The Bertz CT molecular complexity index is 1110. The smallest absolute Gasteiger partial charge is 0.338 e. The zero-order chi connectivity index (χ0) is 24.0. The van der Waals surface area contributed by atoms with Gasteiger partial charge in [0.1, 0.15) is 4.21 Å². The topological polar surface area (TPSA) is 119 Å². The van der Waals surface area contributed by atoms with Gasteiger partial charge in [-0.25, -0.2) is 13.2 Å². The van der Waals surface area contributed by atoms with Gasteiger partial charge in [-0.1, -0.05) is 11.6 Å². The predicted octanol–water partition coefficient (Wildman–Crippen LogP) is 3.16. The van der Waals surface area contributed by atoms with E-state index in [1.807, 2.05) is 0 Å². The Balaban J connectivity index is 1.48. The van der Waals surface area contributed by atoms with Gasteiger partial charge in [0, 0.05) is 18.8 Å². The summed E-state index contributed by atoms with van der Waals surface area (Å²) in [5.41, 5.74) is 0.433. The van der Waals surface area contributed by atoms with E-state index < -0.39 is 22.6 Å². The molecule has 0 saturated carbocycles. The standard InChI is InChI=1S/C21H23ClN2O7S2/c1-2-30-20(26)15-9-11-24(12-10-15)18(25)13-31-21(27)14-3-5-16(6-4-14)23-33(28,29)19-8-7-17(22)32-19/h3-8,15,23H,2,9-13H2,1H3. The summed E-state index contributed by atoms with van der Waals surface area (Å²) in [6.07, 6.45) is 1.02. The van der Waals surface area contributed by atoms with E-state index in [0.717, 1.165) is 11.3 Å². The van der Waals surface area contributed by atoms with Crippen LogP contribution in [0.4, 0.5) is 5.69 Å². The Morgan fingerprint density at radius 2 is 1.76 bits per heavy atom. The van der Waals surface area contributed by atoms with Crippen LogP contribution in [0.1, 0.15) is 30.1 Å². The number of hydrogen-bond donors (Lipinski definition) is 1. The minimum atomic E-state index is -3.78. The average Bonchev–Trinajstić information content (AvgIpc) is 3.25. The van der Waals surface area contributed by atoms with Crippen molar-refractivity contribution in [2.45, 2.75) is 24.0 Å². The molecule has 178 valence electrons. The first-order valence-electron chi connectivity index (χ1n) is 10.2. The van der Waals surface area contributed by atoms with Crippen LogP contribution in [0.25, 0.3) is 0 Å². The van der Waals surface area contributed by atoms with Crippen molar-refractivity contribution in [2.24, 2.45) is 5.92 Å². The van der Waals surface area contributed by atoms with E-state index in [1.165, 1.54) is 36.4 Å². The molecule has 2 heterocycles. The van der Waals surface area contributed by atoms with E-state index in [9.17, 15) is 22.8 Å². The molecule has 1 aromatic carbocycles. The minimum Gasteiger partial charge on any atom is -0.466 e. The number of nitrogens with one attached hydrogen (secondary N) is 1. The first kappa shape index (κ1) is 25.0. The zero-order valence-electron chi connectivity index (χ0n) is 17.8. The number of benzene rings is 1. The second kappa shape index (κ2) is 11.0. The lowest BCUT2D eigenvalue weighted by Crippen LogP contribution is -2.42. The highest BCUT2D eigenvalue weighted by molar-refractivity contribution is 7.94. The fourth-order valence-electron chi connectivity index (χ4n) is 3.25. The third-order valence-corrected chi connectivity index (χ3v) is 8.08. The van der Waals surface area contributed by atoms with Crippen molar-refractivity contribution in [2.75, 3.05) is 31.0 Å². The van der Waals surface area contributed by atoms with Crippen LogP contribution in [0, 0.1) is 5.92 Å². The molecule has 0 radical (unpaired) electrons. The van der Waals surface area contributed by atoms with Crippen molar-refractivity contribution < 1.29 is 32.3 Å². The van der Waals surface area contributed by atoms with Crippen LogP contribution in [0.5, 0.6) is 0 Å². The number of sulfonamides is 1. The number of anilines is 1. The highest BCUT2D eigenvalue weighted by Gasteiger charge is 2.28. The molecule has 0 bridgehead atoms. The lowest BCUT2D eigenvalue weighted by Gasteiger charge is -2.30. The van der Waals surface area contributed by atoms with Crippen molar-refractivity contribution in [1.29, 1.82) is 0 Å². The van der Waals surface area contributed by atoms with E-state index >= 15 is 0 Å². The normalized spacial score (nSPS) is 14.5. The highest BCUT2D eigenvalue weighted by Crippen LogP contribution is 2.27. The SMILES string of the molecule is CCOC(=O)C1CCN(C(=O)COC(=O)c2ccc(NS(=O)(=O)c3ccc(Cl)s3)cc2)CC1. The van der Waals surface area contributed by atoms with Crippen LogP contribution in [-0.4, -0.2) is 57.5 Å². The summed E-state index contributed by atoms with van der Waals surface area (Å²) in [5, 5.41) is 0. The Morgan fingerprint density at radius 1 is 1.09 bits per heavy atom. The molecular weight excluding hydrogens is 492 g/mol. The number of hydrogen-bond acceptors (Lipinski definition) is 8. The molecule has 2 aromatic rings. The van der Waals surface area contributed by atoms with Crippen LogP contribution in [0.2, 0.25) is 4.34 Å². The van der Waals surface area contributed by atoms with Gasteiger partial charge >= 0.3 is 11.9 Å². The Morgan fingerprint density at radius 3 is 2.33 bits per heavy atom. The second-order valence-electron chi connectivity index (χ2n) is 7.22. The average molecular weight is 515 g/mol. The second-order valence-corrected chi connectivity index (χ2v) is 10.8. The predicted molar refractivity (Wildman–Crippen MR) is 123 cm³/mol. The maximum atomic E-state index is 12.3. The van der Waals surface area contributed by atoms with E-state index in [1.54, 1.807) is 11.8 Å². The number of esters is 2. The first-order valence-corrected chi connectivity index (χ1v) is 12.9. The van der Waals surface area contributed by atoms with Gasteiger partial charge in [0.15, 0.2) is 6.61 Å². The summed E-state index contributed by atoms with van der Waals surface area (Å²) in [4.78, 5) is 37.9. The van der Waals surface area contributed by atoms with Crippen molar-refractivity contribution in [3.05, 3.63) is 46.3 Å². The summed E-state index contributed by atoms with van der Waals surface area (Å²) in [5.74, 6) is -1.51. The van der Waals surface area contributed by atoms with Gasteiger partial charge in [-0.3, -0.25) is 14.3 Å². The van der Waals surface area contributed by atoms with Gasteiger partial charge in [0.2, 0.25) is 0 Å². The third-order valence-electron chi connectivity index (χ3n) is 4.98. The van der Waals surface area contributed by atoms with Crippen LogP contribution in [-0.2, 0) is 29.1 Å². The zero-order valence-corrected chi connectivity index (χ0v) is 20.2. The number of ether oxygens (including phenoxy) is 2. The van der Waals surface area contributed by atoms with Crippen LogP contribution < -0.4 is 4.72 Å². The lowest BCUT2D eigenvalue weighted by atomic mass is 9.97. The number of amides is 1. The number of piperidine rings is 1. The number of rotatable bonds is 8. The molecule has 33 heavy (non-hydrogen) atoms. The molecule has 1 aliphatic rings. The molecular formula is C21H23ClN2O7S2. The molecule has 12 heteroatoms. The number of carbonyl (C=O) groups is 3. The molecule has 0 spiro atoms. The van der Waals surface area contributed by atoms with Crippen molar-refractivity contribution in [3.8, 4) is 0 Å². The molecule has 9 nitrogen and oxygen atoms in total. The first-order chi connectivity index (χ1) is 15.7. The minimum absolute atomic E-state index is 0.0702. The fourth-order valence-corrected chi connectivity index (χ4v) is 5.79. The monoisotopic (exact) mass is 514 g/mol. The summed E-state index contributed by atoms with van der Waals surface area (Å²) in [7, 11) is -3.78. The molecule has 0 aliphatic carbocycles. The molecule has 0 atom stereocenters. The number of nitrogens with zero attached hydrogens (tertiary/aromatic N) is 1. The van der Waals surface area contributed by atoms with Crippen molar-refractivity contribution in [3.63, 3.8) is 0 Å². The Labute approximate surface area is 200 Å². The number of halogens is 1. The van der Waals surface area contributed by atoms with Gasteiger partial charge in [-0.15, -0.1) is 11.3 Å². The van der Waals surface area contributed by atoms with E-state index in [-0.39, 0.29) is 33.3 Å². The van der Waals surface area contributed by atoms with E-state index in [0.29, 0.717) is 36.9 Å². The highest BCUT2D eigenvalue weighted by atomic mass is 35.5. The van der Waals surface area contributed by atoms with Gasteiger partial charge < -0.3 is 14.4 Å². The van der Waals surface area contributed by atoms with E-state index in [4.69, 9.17) is 21.1 Å². The van der Waals surface area contributed by atoms with Crippen LogP contribution in [0.15, 0.2) is 40.6 Å². The number of likely N-dealkylation sites (tertiary alicyclic amines) is 1. The summed E-state index contributed by atoms with van der Waals surface area (Å²) >= 11 is 6.71. The van der Waals surface area contributed by atoms with Gasteiger partial charge in [-0.05, 0) is 56.2 Å². The third kappa shape index (κ3) is 6.68. The maximum Gasteiger partial charge on any atom is 0.338 e. The molecule has 0 unspecified atom stereocenters. The van der Waals surface area contributed by atoms with Gasteiger partial charge in [0.05, 0.1) is 22.4 Å². The summed E-state index contributed by atoms with van der Waals surface area (Å²) in [6, 6.07) is 8.53. The van der Waals surface area contributed by atoms with Crippen LogP contribution >= 0.6 is 22.9 Å². The van der Waals surface area contributed by atoms with Crippen molar-refractivity contribution >= 4 is 56.5 Å². The van der Waals surface area contributed by atoms with Crippen molar-refractivity contribution in [1.82, 2.24) is 4.90 Å². The number of thiophene rings is 1. The molecule has 3 rings (SSSR count). The summed E-state index contributed by atoms with van der Waals surface area (Å²) < 4.78 is 37.6. The summed E-state index contributed by atoms with van der Waals surface area (Å²) in [6.45, 7) is 2.44. The number of carbonyl (C=O) groups excluding carboxylic acids is 3. The Kier molecular flexibility index (Phi) is 8.33. The molecule has 1 saturated heterocycles. The molecule has 1 amide bonds. The quantitative estimate of drug-likeness (QED) is 0.537. The van der Waals surface area contributed by atoms with Crippen LogP contribution in [0.3, 0.4) is 0 Å². The fraction of sp³-hybridized carbons (Fsp3) is 0.381. The molecule has 1 N–H and O–H groups in total. The maximum absolute atomic E-state index is 12.3. The van der Waals surface area contributed by atoms with Gasteiger partial charge in [-0.2, -0.15) is 0 Å².